The van der Waals surface area contributed by atoms with E-state index in [-0.39, 0.29) is 11.7 Å². The van der Waals surface area contributed by atoms with Crippen LogP contribution in [-0.2, 0) is 4.79 Å². The fourth-order valence-electron chi connectivity index (χ4n) is 1.89. The number of allylic oxidation sites excluding steroid dienone is 1. The van der Waals surface area contributed by atoms with E-state index in [1.807, 2.05) is 69.3 Å². The SMILES string of the molecule is C/C(=C\c1ccccc1)C(=O)C(C)CN(C)C. The third kappa shape index (κ3) is 4.53. The first kappa shape index (κ1) is 13.7. The molecule has 0 fully saturated rings. The summed E-state index contributed by atoms with van der Waals surface area (Å²) in [4.78, 5) is 14.1. The summed E-state index contributed by atoms with van der Waals surface area (Å²) in [6, 6.07) is 9.95. The summed E-state index contributed by atoms with van der Waals surface area (Å²) in [5.74, 6) is 0.271. The fourth-order valence-corrected chi connectivity index (χ4v) is 1.89. The van der Waals surface area contributed by atoms with Crippen LogP contribution in [-0.4, -0.2) is 31.3 Å². The number of carbonyl (C=O) groups is 1. The van der Waals surface area contributed by atoms with Crippen molar-refractivity contribution in [3.05, 3.63) is 41.5 Å². The number of Topliss-reactive ketones (excluding diaryl/α,β-unsaturated/α-hetero) is 1. The monoisotopic (exact) mass is 231 g/mol. The third-order valence-electron chi connectivity index (χ3n) is 2.66. The van der Waals surface area contributed by atoms with Gasteiger partial charge in [-0.15, -0.1) is 0 Å². The van der Waals surface area contributed by atoms with E-state index < -0.39 is 0 Å². The van der Waals surface area contributed by atoms with Crippen molar-refractivity contribution in [2.24, 2.45) is 5.92 Å². The van der Waals surface area contributed by atoms with Gasteiger partial charge in [0.25, 0.3) is 0 Å². The van der Waals surface area contributed by atoms with Gasteiger partial charge in [-0.25, -0.2) is 0 Å². The van der Waals surface area contributed by atoms with E-state index in [0.29, 0.717) is 0 Å². The molecule has 2 heteroatoms. The normalized spacial score (nSPS) is 13.8. The van der Waals surface area contributed by atoms with Gasteiger partial charge in [-0.3, -0.25) is 4.79 Å². The molecule has 1 aromatic rings. The molecule has 1 aromatic carbocycles. The number of rotatable bonds is 5. The number of hydrogen-bond donors (Lipinski definition) is 0. The smallest absolute Gasteiger partial charge is 0.162 e. The number of hydrogen-bond acceptors (Lipinski definition) is 2. The Morgan fingerprint density at radius 2 is 1.88 bits per heavy atom. The van der Waals surface area contributed by atoms with Gasteiger partial charge >= 0.3 is 0 Å². The minimum atomic E-state index is 0.0463. The maximum absolute atomic E-state index is 12.1. The molecule has 0 saturated carbocycles. The number of benzene rings is 1. The predicted molar refractivity (Wildman–Crippen MR) is 72.8 cm³/mol. The average Bonchev–Trinajstić information content (AvgIpc) is 2.28. The molecule has 0 aliphatic carbocycles. The first-order valence-electron chi connectivity index (χ1n) is 5.93. The Kier molecular flexibility index (Phi) is 5.11. The van der Waals surface area contributed by atoms with Crippen molar-refractivity contribution in [1.82, 2.24) is 4.90 Å². The van der Waals surface area contributed by atoms with Gasteiger partial charge in [0.2, 0.25) is 0 Å². The number of nitrogens with zero attached hydrogens (tertiary/aromatic N) is 1. The zero-order chi connectivity index (χ0) is 12.8. The molecule has 0 saturated heterocycles. The maximum atomic E-state index is 12.1. The van der Waals surface area contributed by atoms with Crippen LogP contribution in [0.3, 0.4) is 0 Å². The molecule has 17 heavy (non-hydrogen) atoms. The van der Waals surface area contributed by atoms with Crippen LogP contribution in [0.15, 0.2) is 35.9 Å². The van der Waals surface area contributed by atoms with Crippen molar-refractivity contribution < 1.29 is 4.79 Å². The molecule has 1 unspecified atom stereocenters. The Hall–Kier alpha value is -1.41. The zero-order valence-electron chi connectivity index (χ0n) is 11.1. The van der Waals surface area contributed by atoms with Crippen LogP contribution < -0.4 is 0 Å². The van der Waals surface area contributed by atoms with Crippen LogP contribution in [0, 0.1) is 5.92 Å². The van der Waals surface area contributed by atoms with E-state index in [1.54, 1.807) is 0 Å². The molecule has 0 spiro atoms. The van der Waals surface area contributed by atoms with Crippen molar-refractivity contribution in [3.63, 3.8) is 0 Å². The lowest BCUT2D eigenvalue weighted by atomic mass is 9.98. The molecule has 0 amide bonds. The molecule has 0 aliphatic heterocycles. The van der Waals surface area contributed by atoms with E-state index in [4.69, 9.17) is 0 Å². The molecule has 0 radical (unpaired) electrons. The maximum Gasteiger partial charge on any atom is 0.162 e. The standard InChI is InChI=1S/C15H21NO/c1-12(10-14-8-6-5-7-9-14)15(17)13(2)11-16(3)4/h5-10,13H,11H2,1-4H3/b12-10+. The van der Waals surface area contributed by atoms with Gasteiger partial charge in [0.15, 0.2) is 5.78 Å². The van der Waals surface area contributed by atoms with Crippen molar-refractivity contribution >= 4 is 11.9 Å². The van der Waals surface area contributed by atoms with Gasteiger partial charge in [0.05, 0.1) is 0 Å². The molecule has 0 aliphatic rings. The van der Waals surface area contributed by atoms with Gasteiger partial charge in [-0.2, -0.15) is 0 Å². The van der Waals surface area contributed by atoms with Crippen LogP contribution in [0.1, 0.15) is 19.4 Å². The molecule has 2 nitrogen and oxygen atoms in total. The van der Waals surface area contributed by atoms with E-state index in [9.17, 15) is 4.79 Å². The highest BCUT2D eigenvalue weighted by molar-refractivity contribution is 6.00. The lowest BCUT2D eigenvalue weighted by Gasteiger charge is -2.16. The van der Waals surface area contributed by atoms with E-state index in [0.717, 1.165) is 17.7 Å². The van der Waals surface area contributed by atoms with Crippen molar-refractivity contribution in [1.29, 1.82) is 0 Å². The largest absolute Gasteiger partial charge is 0.309 e. The van der Waals surface area contributed by atoms with Gasteiger partial charge in [0, 0.05) is 12.5 Å². The predicted octanol–water partition coefficient (Wildman–Crippen LogP) is 2.86. The zero-order valence-corrected chi connectivity index (χ0v) is 11.1. The Bertz CT molecular complexity index is 393. The van der Waals surface area contributed by atoms with Gasteiger partial charge < -0.3 is 4.90 Å². The second-order valence-corrected chi connectivity index (χ2v) is 4.77. The van der Waals surface area contributed by atoms with Gasteiger partial charge in [0.1, 0.15) is 0 Å². The van der Waals surface area contributed by atoms with Crippen LogP contribution >= 0.6 is 0 Å². The summed E-state index contributed by atoms with van der Waals surface area (Å²) in [6.45, 7) is 4.66. The molecule has 0 N–H and O–H groups in total. The lowest BCUT2D eigenvalue weighted by Crippen LogP contribution is -2.26. The lowest BCUT2D eigenvalue weighted by molar-refractivity contribution is -0.119. The first-order valence-corrected chi connectivity index (χ1v) is 5.93. The summed E-state index contributed by atoms with van der Waals surface area (Å²) < 4.78 is 0. The first-order chi connectivity index (χ1) is 8.00. The van der Waals surface area contributed by atoms with E-state index >= 15 is 0 Å². The summed E-state index contributed by atoms with van der Waals surface area (Å²) in [5.41, 5.74) is 1.90. The molecule has 0 aromatic heterocycles. The molecule has 1 rings (SSSR count). The van der Waals surface area contributed by atoms with Crippen molar-refractivity contribution in [3.8, 4) is 0 Å². The van der Waals surface area contributed by atoms with Crippen molar-refractivity contribution in [2.75, 3.05) is 20.6 Å². The van der Waals surface area contributed by atoms with Crippen LogP contribution in [0.25, 0.3) is 6.08 Å². The second-order valence-electron chi connectivity index (χ2n) is 4.77. The molecular formula is C15H21NO. The fraction of sp³-hybridized carbons (Fsp3) is 0.400. The van der Waals surface area contributed by atoms with Crippen LogP contribution in [0.5, 0.6) is 0 Å². The minimum absolute atomic E-state index is 0.0463. The summed E-state index contributed by atoms with van der Waals surface area (Å²) in [7, 11) is 3.97. The van der Waals surface area contributed by atoms with Crippen molar-refractivity contribution in [2.45, 2.75) is 13.8 Å². The topological polar surface area (TPSA) is 20.3 Å². The summed E-state index contributed by atoms with van der Waals surface area (Å²) in [5, 5.41) is 0. The van der Waals surface area contributed by atoms with Crippen LogP contribution in [0.2, 0.25) is 0 Å². The van der Waals surface area contributed by atoms with Gasteiger partial charge in [-0.05, 0) is 38.2 Å². The molecule has 92 valence electrons. The third-order valence-corrected chi connectivity index (χ3v) is 2.66. The van der Waals surface area contributed by atoms with E-state index in [2.05, 4.69) is 0 Å². The van der Waals surface area contributed by atoms with Gasteiger partial charge in [-0.1, -0.05) is 37.3 Å². The summed E-state index contributed by atoms with van der Waals surface area (Å²) in [6.07, 6.45) is 1.95. The Morgan fingerprint density at radius 1 is 1.29 bits per heavy atom. The summed E-state index contributed by atoms with van der Waals surface area (Å²) >= 11 is 0. The Balaban J connectivity index is 2.73. The number of carbonyl (C=O) groups excluding carboxylic acids is 1. The second kappa shape index (κ2) is 6.36. The quantitative estimate of drug-likeness (QED) is 0.726. The Labute approximate surface area is 104 Å². The highest BCUT2D eigenvalue weighted by atomic mass is 16.1. The average molecular weight is 231 g/mol. The number of ketones is 1. The van der Waals surface area contributed by atoms with Crippen LogP contribution in [0.4, 0.5) is 0 Å². The molecule has 0 heterocycles. The highest BCUT2D eigenvalue weighted by Crippen LogP contribution is 2.12. The molecule has 1 atom stereocenters. The highest BCUT2D eigenvalue weighted by Gasteiger charge is 2.15. The molecule has 0 bridgehead atoms. The minimum Gasteiger partial charge on any atom is -0.309 e. The molecular weight excluding hydrogens is 210 g/mol. The van der Waals surface area contributed by atoms with E-state index in [1.165, 1.54) is 0 Å². The Morgan fingerprint density at radius 3 is 2.41 bits per heavy atom.